The van der Waals surface area contributed by atoms with Crippen molar-refractivity contribution in [2.75, 3.05) is 18.5 Å². The fourth-order valence-corrected chi connectivity index (χ4v) is 2.19. The minimum absolute atomic E-state index is 0.157. The van der Waals surface area contributed by atoms with Gasteiger partial charge in [0.2, 0.25) is 0 Å². The zero-order valence-corrected chi connectivity index (χ0v) is 11.1. The number of carbonyl (C=O) groups is 1. The maximum absolute atomic E-state index is 11.3. The molecule has 0 fully saturated rings. The largest absolute Gasteiger partial charge is 0.478 e. The first kappa shape index (κ1) is 14.3. The summed E-state index contributed by atoms with van der Waals surface area (Å²) in [5, 5.41) is 32.3. The molecular formula is C15H17NO4. The quantitative estimate of drug-likeness (QED) is 0.665. The Morgan fingerprint density at radius 2 is 2.05 bits per heavy atom. The van der Waals surface area contributed by atoms with E-state index in [1.807, 2.05) is 24.3 Å². The zero-order valence-electron chi connectivity index (χ0n) is 11.1. The van der Waals surface area contributed by atoms with Crippen molar-refractivity contribution >= 4 is 22.4 Å². The van der Waals surface area contributed by atoms with Gasteiger partial charge in [0, 0.05) is 17.6 Å². The molecule has 0 radical (unpaired) electrons. The number of fused-ring (bicyclic) bond motifs is 1. The summed E-state index contributed by atoms with van der Waals surface area (Å²) in [6.07, 6.45) is -0.887. The SMILES string of the molecule is Cc1c(C(=O)O)cc2ccccc2c1NCC(O)CO. The van der Waals surface area contributed by atoms with Crippen LogP contribution in [0.15, 0.2) is 30.3 Å². The number of anilines is 1. The van der Waals surface area contributed by atoms with Crippen molar-refractivity contribution < 1.29 is 20.1 Å². The first-order valence-corrected chi connectivity index (χ1v) is 6.33. The molecule has 0 aliphatic rings. The molecular weight excluding hydrogens is 258 g/mol. The minimum Gasteiger partial charge on any atom is -0.478 e. The number of rotatable bonds is 5. The molecule has 0 saturated heterocycles. The van der Waals surface area contributed by atoms with Gasteiger partial charge in [-0.3, -0.25) is 0 Å². The number of aliphatic hydroxyl groups is 2. The molecule has 0 saturated carbocycles. The van der Waals surface area contributed by atoms with E-state index < -0.39 is 12.1 Å². The molecule has 20 heavy (non-hydrogen) atoms. The van der Waals surface area contributed by atoms with E-state index >= 15 is 0 Å². The highest BCUT2D eigenvalue weighted by Gasteiger charge is 2.15. The minimum atomic E-state index is -0.987. The number of aliphatic hydroxyl groups excluding tert-OH is 2. The monoisotopic (exact) mass is 275 g/mol. The topological polar surface area (TPSA) is 89.8 Å². The van der Waals surface area contributed by atoms with E-state index in [4.69, 9.17) is 5.11 Å². The van der Waals surface area contributed by atoms with Gasteiger partial charge < -0.3 is 20.6 Å². The molecule has 4 N–H and O–H groups in total. The molecule has 2 aromatic rings. The normalized spacial score (nSPS) is 12.3. The second-order valence-electron chi connectivity index (χ2n) is 4.67. The van der Waals surface area contributed by atoms with E-state index in [0.29, 0.717) is 11.3 Å². The van der Waals surface area contributed by atoms with E-state index in [1.165, 1.54) is 0 Å². The second kappa shape index (κ2) is 5.90. The lowest BCUT2D eigenvalue weighted by atomic mass is 9.99. The van der Waals surface area contributed by atoms with E-state index in [0.717, 1.165) is 10.8 Å². The summed E-state index contributed by atoms with van der Waals surface area (Å²) >= 11 is 0. The lowest BCUT2D eigenvalue weighted by Crippen LogP contribution is -2.23. The molecule has 1 unspecified atom stereocenters. The number of nitrogens with one attached hydrogen (secondary N) is 1. The molecule has 0 heterocycles. The van der Waals surface area contributed by atoms with Crippen LogP contribution >= 0.6 is 0 Å². The number of carboxylic acid groups (broad SMARTS) is 1. The van der Waals surface area contributed by atoms with Gasteiger partial charge in [0.25, 0.3) is 0 Å². The van der Waals surface area contributed by atoms with Crippen molar-refractivity contribution in [3.63, 3.8) is 0 Å². The van der Waals surface area contributed by atoms with Gasteiger partial charge in [0.05, 0.1) is 18.3 Å². The molecule has 106 valence electrons. The highest BCUT2D eigenvalue weighted by Crippen LogP contribution is 2.30. The molecule has 1 atom stereocenters. The number of hydrogen-bond acceptors (Lipinski definition) is 4. The third-order valence-corrected chi connectivity index (χ3v) is 3.26. The van der Waals surface area contributed by atoms with Gasteiger partial charge in [-0.15, -0.1) is 0 Å². The van der Waals surface area contributed by atoms with E-state index in [-0.39, 0.29) is 18.7 Å². The van der Waals surface area contributed by atoms with Gasteiger partial charge in [-0.1, -0.05) is 24.3 Å². The fourth-order valence-electron chi connectivity index (χ4n) is 2.19. The number of aromatic carboxylic acids is 1. The number of benzene rings is 2. The van der Waals surface area contributed by atoms with Crippen LogP contribution in [0, 0.1) is 6.92 Å². The fraction of sp³-hybridized carbons (Fsp3) is 0.267. The van der Waals surface area contributed by atoms with E-state index in [2.05, 4.69) is 5.32 Å². The second-order valence-corrected chi connectivity index (χ2v) is 4.67. The highest BCUT2D eigenvalue weighted by atomic mass is 16.4. The Hall–Kier alpha value is -2.11. The summed E-state index contributed by atoms with van der Waals surface area (Å²) in [6.45, 7) is 1.54. The maximum Gasteiger partial charge on any atom is 0.336 e. The van der Waals surface area contributed by atoms with Crippen molar-refractivity contribution in [1.82, 2.24) is 0 Å². The smallest absolute Gasteiger partial charge is 0.336 e. The van der Waals surface area contributed by atoms with Crippen molar-refractivity contribution in [1.29, 1.82) is 0 Å². The lowest BCUT2D eigenvalue weighted by molar-refractivity contribution is 0.0696. The Morgan fingerprint density at radius 1 is 1.35 bits per heavy atom. The van der Waals surface area contributed by atoms with Gasteiger partial charge in [-0.05, 0) is 23.9 Å². The average Bonchev–Trinajstić information content (AvgIpc) is 2.45. The predicted molar refractivity (Wildman–Crippen MR) is 77.2 cm³/mol. The molecule has 0 bridgehead atoms. The maximum atomic E-state index is 11.3. The van der Waals surface area contributed by atoms with Crippen molar-refractivity contribution in [2.45, 2.75) is 13.0 Å². The molecule has 2 aromatic carbocycles. The highest BCUT2D eigenvalue weighted by molar-refractivity contribution is 6.03. The Bertz CT molecular complexity index is 639. The first-order valence-electron chi connectivity index (χ1n) is 6.33. The molecule has 0 amide bonds. The number of hydrogen-bond donors (Lipinski definition) is 4. The lowest BCUT2D eigenvalue weighted by Gasteiger charge is -2.17. The first-order chi connectivity index (χ1) is 9.54. The van der Waals surface area contributed by atoms with Crippen LogP contribution in [0.25, 0.3) is 10.8 Å². The third kappa shape index (κ3) is 2.74. The zero-order chi connectivity index (χ0) is 14.7. The Labute approximate surface area is 116 Å². The molecule has 5 nitrogen and oxygen atoms in total. The van der Waals surface area contributed by atoms with Crippen LogP contribution in [-0.2, 0) is 0 Å². The Balaban J connectivity index is 2.54. The van der Waals surface area contributed by atoms with Gasteiger partial charge >= 0.3 is 5.97 Å². The van der Waals surface area contributed by atoms with Crippen LogP contribution in [0.5, 0.6) is 0 Å². The van der Waals surface area contributed by atoms with E-state index in [9.17, 15) is 15.0 Å². The van der Waals surface area contributed by atoms with E-state index in [1.54, 1.807) is 13.0 Å². The van der Waals surface area contributed by atoms with Gasteiger partial charge in [-0.25, -0.2) is 4.79 Å². The van der Waals surface area contributed by atoms with Crippen LogP contribution in [0.4, 0.5) is 5.69 Å². The summed E-state index contributed by atoms with van der Waals surface area (Å²) < 4.78 is 0. The summed E-state index contributed by atoms with van der Waals surface area (Å²) in [5.41, 5.74) is 1.51. The van der Waals surface area contributed by atoms with Crippen LogP contribution in [0.3, 0.4) is 0 Å². The summed E-state index contributed by atoms with van der Waals surface area (Å²) in [7, 11) is 0. The molecule has 5 heteroatoms. The summed E-state index contributed by atoms with van der Waals surface area (Å²) in [4.78, 5) is 11.3. The molecule has 2 rings (SSSR count). The molecule has 0 spiro atoms. The van der Waals surface area contributed by atoms with Crippen LogP contribution in [0.2, 0.25) is 0 Å². The van der Waals surface area contributed by atoms with Gasteiger partial charge in [-0.2, -0.15) is 0 Å². The predicted octanol–water partition coefficient (Wildman–Crippen LogP) is 1.61. The molecule has 0 aromatic heterocycles. The van der Waals surface area contributed by atoms with Gasteiger partial charge in [0.15, 0.2) is 0 Å². The van der Waals surface area contributed by atoms with Crippen molar-refractivity contribution in [2.24, 2.45) is 0 Å². The van der Waals surface area contributed by atoms with Crippen LogP contribution in [-0.4, -0.2) is 40.5 Å². The summed E-state index contributed by atoms with van der Waals surface area (Å²) in [5.74, 6) is -0.987. The Morgan fingerprint density at radius 3 is 2.70 bits per heavy atom. The van der Waals surface area contributed by atoms with Crippen molar-refractivity contribution in [3.05, 3.63) is 41.5 Å². The molecule has 0 aliphatic heterocycles. The molecule has 0 aliphatic carbocycles. The standard InChI is InChI=1S/C15H17NO4/c1-9-13(15(19)20)6-10-4-2-3-5-12(10)14(9)16-7-11(18)8-17/h2-6,11,16-18H,7-8H2,1H3,(H,19,20). The average molecular weight is 275 g/mol. The van der Waals surface area contributed by atoms with Crippen LogP contribution < -0.4 is 5.32 Å². The Kier molecular flexibility index (Phi) is 4.22. The third-order valence-electron chi connectivity index (χ3n) is 3.26. The summed E-state index contributed by atoms with van der Waals surface area (Å²) in [6, 6.07) is 9.09. The van der Waals surface area contributed by atoms with Crippen molar-refractivity contribution in [3.8, 4) is 0 Å². The van der Waals surface area contributed by atoms with Gasteiger partial charge in [0.1, 0.15) is 0 Å². The van der Waals surface area contributed by atoms with Crippen LogP contribution in [0.1, 0.15) is 15.9 Å². The number of carboxylic acids is 1.